The van der Waals surface area contributed by atoms with Crippen LogP contribution in [0.1, 0.15) is 39.3 Å². The Balaban J connectivity index is 1.66. The Bertz CT molecular complexity index is 928. The lowest BCUT2D eigenvalue weighted by atomic mass is 10.0. The summed E-state index contributed by atoms with van der Waals surface area (Å²) in [7, 11) is 4.01. The summed E-state index contributed by atoms with van der Waals surface area (Å²) in [5.41, 5.74) is 1.48. The van der Waals surface area contributed by atoms with E-state index < -0.39 is 6.04 Å². The fraction of sp³-hybridized carbons (Fsp3) is 0.250. The molecule has 0 aliphatic heterocycles. The van der Waals surface area contributed by atoms with Gasteiger partial charge in [0, 0.05) is 17.0 Å². The number of hydrogen-bond donors (Lipinski definition) is 2. The first kappa shape index (κ1) is 21.7. The molecule has 156 valence electrons. The van der Waals surface area contributed by atoms with Gasteiger partial charge >= 0.3 is 0 Å². The van der Waals surface area contributed by atoms with Crippen molar-refractivity contribution in [3.8, 4) is 0 Å². The number of nitrogens with zero attached hydrogens (tertiary/aromatic N) is 1. The molecular weight excluding hydrogens is 394 g/mol. The van der Waals surface area contributed by atoms with Gasteiger partial charge in [-0.1, -0.05) is 54.6 Å². The van der Waals surface area contributed by atoms with Gasteiger partial charge in [-0.05, 0) is 43.2 Å². The fourth-order valence-corrected chi connectivity index (χ4v) is 4.18. The normalized spacial score (nSPS) is 12.9. The van der Waals surface area contributed by atoms with Crippen molar-refractivity contribution in [2.24, 2.45) is 0 Å². The fourth-order valence-electron chi connectivity index (χ4n) is 3.26. The van der Waals surface area contributed by atoms with E-state index in [1.165, 1.54) is 4.88 Å². The minimum absolute atomic E-state index is 0.0966. The van der Waals surface area contributed by atoms with Crippen molar-refractivity contribution in [2.45, 2.75) is 18.5 Å². The maximum absolute atomic E-state index is 12.8. The molecule has 3 aromatic rings. The standard InChI is InChI=1S/C24H27N3O2S/c1-27(2)21(22-14-9-15-30-22)17-25-23(28)16-20(18-10-5-3-6-11-18)26-24(29)19-12-7-4-8-13-19/h3-15,20-21H,16-17H2,1-2H3,(H,25,28)(H,26,29). The van der Waals surface area contributed by atoms with E-state index in [4.69, 9.17) is 0 Å². The second-order valence-electron chi connectivity index (χ2n) is 7.31. The molecule has 0 saturated heterocycles. The third-order valence-electron chi connectivity index (χ3n) is 4.92. The van der Waals surface area contributed by atoms with Gasteiger partial charge in [0.1, 0.15) is 0 Å². The topological polar surface area (TPSA) is 61.4 Å². The molecule has 0 saturated carbocycles. The molecule has 30 heavy (non-hydrogen) atoms. The highest BCUT2D eigenvalue weighted by Crippen LogP contribution is 2.23. The first-order chi connectivity index (χ1) is 14.5. The van der Waals surface area contributed by atoms with Gasteiger partial charge < -0.3 is 15.5 Å². The van der Waals surface area contributed by atoms with Crippen LogP contribution < -0.4 is 10.6 Å². The van der Waals surface area contributed by atoms with Crippen molar-refractivity contribution < 1.29 is 9.59 Å². The largest absolute Gasteiger partial charge is 0.354 e. The molecule has 0 radical (unpaired) electrons. The molecule has 0 aliphatic rings. The van der Waals surface area contributed by atoms with E-state index in [1.807, 2.05) is 74.1 Å². The minimum atomic E-state index is -0.404. The zero-order chi connectivity index (χ0) is 21.3. The number of amides is 2. The highest BCUT2D eigenvalue weighted by Gasteiger charge is 2.21. The summed E-state index contributed by atoms with van der Waals surface area (Å²) >= 11 is 1.68. The van der Waals surface area contributed by atoms with Gasteiger partial charge in [-0.2, -0.15) is 0 Å². The Morgan fingerprint density at radius 3 is 2.20 bits per heavy atom. The van der Waals surface area contributed by atoms with Crippen molar-refractivity contribution in [3.63, 3.8) is 0 Å². The monoisotopic (exact) mass is 421 g/mol. The number of likely N-dealkylation sites (N-methyl/N-ethyl adjacent to an activating group) is 1. The Kier molecular flexibility index (Phi) is 7.76. The van der Waals surface area contributed by atoms with E-state index in [-0.39, 0.29) is 24.3 Å². The summed E-state index contributed by atoms with van der Waals surface area (Å²) in [5.74, 6) is -0.289. The summed E-state index contributed by atoms with van der Waals surface area (Å²) in [6.07, 6.45) is 0.174. The molecule has 2 amide bonds. The predicted octanol–water partition coefficient (Wildman–Crippen LogP) is 4.03. The zero-order valence-electron chi connectivity index (χ0n) is 17.2. The second-order valence-corrected chi connectivity index (χ2v) is 8.29. The van der Waals surface area contributed by atoms with E-state index >= 15 is 0 Å². The van der Waals surface area contributed by atoms with Gasteiger partial charge in [-0.3, -0.25) is 9.59 Å². The highest BCUT2D eigenvalue weighted by molar-refractivity contribution is 7.10. The molecular formula is C24H27N3O2S. The van der Waals surface area contributed by atoms with E-state index in [0.717, 1.165) is 5.56 Å². The number of carbonyl (C=O) groups excluding carboxylic acids is 2. The lowest BCUT2D eigenvalue weighted by Crippen LogP contribution is -2.37. The average Bonchev–Trinajstić information content (AvgIpc) is 3.29. The lowest BCUT2D eigenvalue weighted by molar-refractivity contribution is -0.121. The molecule has 0 bridgehead atoms. The van der Waals surface area contributed by atoms with Crippen LogP contribution in [-0.4, -0.2) is 37.4 Å². The lowest BCUT2D eigenvalue weighted by Gasteiger charge is -2.24. The second kappa shape index (κ2) is 10.7. The van der Waals surface area contributed by atoms with Gasteiger partial charge in [0.25, 0.3) is 5.91 Å². The number of nitrogens with one attached hydrogen (secondary N) is 2. The van der Waals surface area contributed by atoms with Crippen LogP contribution in [0.25, 0.3) is 0 Å². The van der Waals surface area contributed by atoms with Gasteiger partial charge in [0.15, 0.2) is 0 Å². The molecule has 1 aromatic heterocycles. The average molecular weight is 422 g/mol. The van der Waals surface area contributed by atoms with Crippen molar-refractivity contribution in [1.82, 2.24) is 15.5 Å². The van der Waals surface area contributed by atoms with Crippen molar-refractivity contribution in [3.05, 3.63) is 94.2 Å². The van der Waals surface area contributed by atoms with Crippen molar-refractivity contribution in [1.29, 1.82) is 0 Å². The quantitative estimate of drug-likeness (QED) is 0.548. The van der Waals surface area contributed by atoms with Gasteiger partial charge in [-0.25, -0.2) is 0 Å². The van der Waals surface area contributed by atoms with Crippen molar-refractivity contribution >= 4 is 23.2 Å². The zero-order valence-corrected chi connectivity index (χ0v) is 18.1. The van der Waals surface area contributed by atoms with Crippen LogP contribution in [-0.2, 0) is 4.79 Å². The van der Waals surface area contributed by atoms with Crippen molar-refractivity contribution in [2.75, 3.05) is 20.6 Å². The van der Waals surface area contributed by atoms with E-state index in [9.17, 15) is 9.59 Å². The molecule has 1 heterocycles. The predicted molar refractivity (Wildman–Crippen MR) is 121 cm³/mol. The van der Waals surface area contributed by atoms with Gasteiger partial charge in [0.2, 0.25) is 5.91 Å². The Morgan fingerprint density at radius 2 is 1.60 bits per heavy atom. The van der Waals surface area contributed by atoms with Crippen LogP contribution in [0.3, 0.4) is 0 Å². The number of hydrogen-bond acceptors (Lipinski definition) is 4. The number of rotatable bonds is 9. The molecule has 6 heteroatoms. The van der Waals surface area contributed by atoms with Crippen LogP contribution in [0, 0.1) is 0 Å². The highest BCUT2D eigenvalue weighted by atomic mass is 32.1. The first-order valence-electron chi connectivity index (χ1n) is 9.92. The molecule has 3 rings (SSSR count). The maximum Gasteiger partial charge on any atom is 0.251 e. The first-order valence-corrected chi connectivity index (χ1v) is 10.8. The van der Waals surface area contributed by atoms with E-state index in [1.54, 1.807) is 23.5 Å². The third kappa shape index (κ3) is 6.02. The van der Waals surface area contributed by atoms with Crippen LogP contribution in [0.5, 0.6) is 0 Å². The number of benzene rings is 2. The maximum atomic E-state index is 12.8. The van der Waals surface area contributed by atoms with Crippen LogP contribution in [0.15, 0.2) is 78.2 Å². The summed E-state index contributed by atoms with van der Waals surface area (Å²) < 4.78 is 0. The molecule has 2 atom stereocenters. The van der Waals surface area contributed by atoms with Crippen LogP contribution in [0.2, 0.25) is 0 Å². The number of thiophene rings is 1. The summed E-state index contributed by atoms with van der Waals surface area (Å²) in [4.78, 5) is 28.7. The summed E-state index contributed by atoms with van der Waals surface area (Å²) in [6.45, 7) is 0.514. The minimum Gasteiger partial charge on any atom is -0.354 e. The summed E-state index contributed by atoms with van der Waals surface area (Å²) in [5, 5.41) is 8.09. The molecule has 5 nitrogen and oxygen atoms in total. The smallest absolute Gasteiger partial charge is 0.251 e. The Morgan fingerprint density at radius 1 is 0.933 bits per heavy atom. The Hall–Kier alpha value is -2.96. The SMILES string of the molecule is CN(C)C(CNC(=O)CC(NC(=O)c1ccccc1)c1ccccc1)c1cccs1. The van der Waals surface area contributed by atoms with Gasteiger partial charge in [-0.15, -0.1) is 11.3 Å². The molecule has 0 aliphatic carbocycles. The van der Waals surface area contributed by atoms with Gasteiger partial charge in [0.05, 0.1) is 18.5 Å². The molecule has 0 spiro atoms. The molecule has 0 fully saturated rings. The third-order valence-corrected chi connectivity index (χ3v) is 5.89. The van der Waals surface area contributed by atoms with E-state index in [2.05, 4.69) is 21.6 Å². The van der Waals surface area contributed by atoms with Crippen LogP contribution >= 0.6 is 11.3 Å². The van der Waals surface area contributed by atoms with E-state index in [0.29, 0.717) is 12.1 Å². The molecule has 2 unspecified atom stereocenters. The Labute approximate surface area is 181 Å². The summed E-state index contributed by atoms with van der Waals surface area (Å²) in [6, 6.07) is 22.4. The number of carbonyl (C=O) groups is 2. The van der Waals surface area contributed by atoms with Crippen LogP contribution in [0.4, 0.5) is 0 Å². The molecule has 2 N–H and O–H groups in total. The molecule has 2 aromatic carbocycles.